The Bertz CT molecular complexity index is 470. The number of likely N-dealkylation sites (tertiary alicyclic amines) is 1. The zero-order chi connectivity index (χ0) is 13.5. The molecule has 2 heterocycles. The predicted octanol–water partition coefficient (Wildman–Crippen LogP) is 2.19. The van der Waals surface area contributed by atoms with Crippen molar-refractivity contribution in [2.24, 2.45) is 0 Å². The summed E-state index contributed by atoms with van der Waals surface area (Å²) in [6, 6.07) is 0. The van der Waals surface area contributed by atoms with Crippen molar-refractivity contribution in [3.8, 4) is 0 Å². The number of carbonyl (C=O) groups is 1. The van der Waals surface area contributed by atoms with Crippen LogP contribution < -0.4 is 0 Å². The summed E-state index contributed by atoms with van der Waals surface area (Å²) < 4.78 is 5.47. The molecule has 1 aliphatic rings. The van der Waals surface area contributed by atoms with Crippen LogP contribution in [0.4, 0.5) is 0 Å². The van der Waals surface area contributed by atoms with E-state index in [1.807, 2.05) is 27.7 Å². The fourth-order valence-corrected chi connectivity index (χ4v) is 2.70. The number of carbonyl (C=O) groups excluding carboxylic acids is 1. The number of aliphatic hydroxyl groups is 1. The number of amides is 1. The summed E-state index contributed by atoms with van der Waals surface area (Å²) in [6.07, 6.45) is 1.68. The summed E-state index contributed by atoms with van der Waals surface area (Å²) in [5, 5.41) is 10.1. The molecule has 0 unspecified atom stereocenters. The van der Waals surface area contributed by atoms with E-state index in [2.05, 4.69) is 0 Å². The second-order valence-corrected chi connectivity index (χ2v) is 5.35. The molecule has 4 nitrogen and oxygen atoms in total. The number of aryl methyl sites for hydroxylation is 2. The lowest BCUT2D eigenvalue weighted by molar-refractivity contribution is -0.0860. The molecule has 1 amide bonds. The molecule has 0 saturated carbocycles. The van der Waals surface area contributed by atoms with E-state index in [-0.39, 0.29) is 5.91 Å². The second-order valence-electron chi connectivity index (χ2n) is 5.35. The lowest BCUT2D eigenvalue weighted by atomic mass is 9.88. The third-order valence-electron chi connectivity index (χ3n) is 3.75. The van der Waals surface area contributed by atoms with E-state index in [1.54, 1.807) is 4.90 Å². The van der Waals surface area contributed by atoms with Gasteiger partial charge in [0.25, 0.3) is 5.91 Å². The normalized spacial score (nSPS) is 17.7. The summed E-state index contributed by atoms with van der Waals surface area (Å²) in [4.78, 5) is 14.0. The minimum atomic E-state index is -0.676. The van der Waals surface area contributed by atoms with E-state index in [1.165, 1.54) is 0 Å². The number of rotatable bonds is 3. The molecule has 1 N–H and O–H groups in total. The lowest BCUT2D eigenvalue weighted by Gasteiger charge is -2.46. The van der Waals surface area contributed by atoms with E-state index >= 15 is 0 Å². The van der Waals surface area contributed by atoms with Crippen LogP contribution in [0.1, 0.15) is 47.2 Å². The molecule has 1 aliphatic heterocycles. The Hall–Kier alpha value is -1.29. The first-order valence-electron chi connectivity index (χ1n) is 6.46. The Balaban J connectivity index is 2.11. The first-order chi connectivity index (χ1) is 8.38. The van der Waals surface area contributed by atoms with Gasteiger partial charge in [0.15, 0.2) is 0 Å². The first kappa shape index (κ1) is 13.1. The van der Waals surface area contributed by atoms with Crippen LogP contribution in [0.3, 0.4) is 0 Å². The van der Waals surface area contributed by atoms with Gasteiger partial charge in [-0.05, 0) is 27.2 Å². The standard InChI is InChI=1S/C14H21NO3/c1-5-6-14(17)7-15(8-14)13(16)12-9(2)10(3)18-11(12)4/h17H,5-8H2,1-4H3. The van der Waals surface area contributed by atoms with Crippen LogP contribution in [0.5, 0.6) is 0 Å². The maximum atomic E-state index is 12.3. The van der Waals surface area contributed by atoms with Gasteiger partial charge in [-0.2, -0.15) is 0 Å². The topological polar surface area (TPSA) is 53.7 Å². The molecule has 0 radical (unpaired) electrons. The van der Waals surface area contributed by atoms with Crippen LogP contribution in [0.15, 0.2) is 4.42 Å². The molecule has 1 aromatic heterocycles. The van der Waals surface area contributed by atoms with Crippen molar-refractivity contribution in [2.75, 3.05) is 13.1 Å². The molecule has 0 aromatic carbocycles. The minimum absolute atomic E-state index is 0.0253. The van der Waals surface area contributed by atoms with Gasteiger partial charge in [0.05, 0.1) is 24.3 Å². The highest BCUT2D eigenvalue weighted by atomic mass is 16.3. The maximum Gasteiger partial charge on any atom is 0.257 e. The van der Waals surface area contributed by atoms with E-state index in [0.717, 1.165) is 24.2 Å². The van der Waals surface area contributed by atoms with Gasteiger partial charge in [-0.1, -0.05) is 13.3 Å². The smallest absolute Gasteiger partial charge is 0.257 e. The highest BCUT2D eigenvalue weighted by Gasteiger charge is 2.43. The molecule has 4 heteroatoms. The van der Waals surface area contributed by atoms with Crippen LogP contribution in [0.2, 0.25) is 0 Å². The van der Waals surface area contributed by atoms with Crippen molar-refractivity contribution < 1.29 is 14.3 Å². The quantitative estimate of drug-likeness (QED) is 0.896. The zero-order valence-electron chi connectivity index (χ0n) is 11.5. The summed E-state index contributed by atoms with van der Waals surface area (Å²) >= 11 is 0. The zero-order valence-corrected chi connectivity index (χ0v) is 11.5. The summed E-state index contributed by atoms with van der Waals surface area (Å²) in [6.45, 7) is 8.48. The van der Waals surface area contributed by atoms with Gasteiger partial charge in [0, 0.05) is 5.56 Å². The molecule has 0 spiro atoms. The van der Waals surface area contributed by atoms with Crippen molar-refractivity contribution in [1.82, 2.24) is 4.90 Å². The number of nitrogens with zero attached hydrogens (tertiary/aromatic N) is 1. The number of hydrogen-bond donors (Lipinski definition) is 1. The molecular formula is C14H21NO3. The van der Waals surface area contributed by atoms with Gasteiger partial charge in [-0.25, -0.2) is 0 Å². The molecule has 0 aliphatic carbocycles. The molecule has 1 fully saturated rings. The predicted molar refractivity (Wildman–Crippen MR) is 68.7 cm³/mol. The molecule has 18 heavy (non-hydrogen) atoms. The number of β-amino-alcohol motifs (C(OH)–C–C–N with tert-alkyl or cyclic N) is 1. The fraction of sp³-hybridized carbons (Fsp3) is 0.643. The molecule has 2 rings (SSSR count). The van der Waals surface area contributed by atoms with Crippen LogP contribution in [0.25, 0.3) is 0 Å². The second kappa shape index (κ2) is 4.43. The van der Waals surface area contributed by atoms with Gasteiger partial charge in [0.1, 0.15) is 11.5 Å². The Kier molecular flexibility index (Phi) is 3.23. The lowest BCUT2D eigenvalue weighted by Crippen LogP contribution is -2.63. The van der Waals surface area contributed by atoms with Gasteiger partial charge in [0.2, 0.25) is 0 Å². The van der Waals surface area contributed by atoms with E-state index in [4.69, 9.17) is 4.42 Å². The largest absolute Gasteiger partial charge is 0.466 e. The average molecular weight is 251 g/mol. The third-order valence-corrected chi connectivity index (χ3v) is 3.75. The third kappa shape index (κ3) is 2.05. The van der Waals surface area contributed by atoms with Crippen LogP contribution in [-0.4, -0.2) is 34.6 Å². The summed E-state index contributed by atoms with van der Waals surface area (Å²) in [7, 11) is 0. The van der Waals surface area contributed by atoms with Crippen LogP contribution >= 0.6 is 0 Å². The Morgan fingerprint density at radius 1 is 1.33 bits per heavy atom. The summed E-state index contributed by atoms with van der Waals surface area (Å²) in [5.41, 5.74) is 0.889. The first-order valence-corrected chi connectivity index (χ1v) is 6.46. The van der Waals surface area contributed by atoms with Gasteiger partial charge < -0.3 is 14.4 Å². The van der Waals surface area contributed by atoms with E-state index in [9.17, 15) is 9.90 Å². The molecule has 0 atom stereocenters. The molecule has 1 saturated heterocycles. The van der Waals surface area contributed by atoms with E-state index in [0.29, 0.717) is 24.4 Å². The Morgan fingerprint density at radius 3 is 2.39 bits per heavy atom. The Labute approximate surface area is 108 Å². The highest BCUT2D eigenvalue weighted by molar-refractivity contribution is 5.97. The van der Waals surface area contributed by atoms with Crippen molar-refractivity contribution in [2.45, 2.75) is 46.1 Å². The van der Waals surface area contributed by atoms with Gasteiger partial charge in [-0.15, -0.1) is 0 Å². The summed E-state index contributed by atoms with van der Waals surface area (Å²) in [5.74, 6) is 1.43. The Morgan fingerprint density at radius 2 is 1.94 bits per heavy atom. The van der Waals surface area contributed by atoms with Crippen molar-refractivity contribution in [3.05, 3.63) is 22.6 Å². The van der Waals surface area contributed by atoms with Crippen molar-refractivity contribution in [1.29, 1.82) is 0 Å². The molecular weight excluding hydrogens is 230 g/mol. The molecule has 0 bridgehead atoms. The minimum Gasteiger partial charge on any atom is -0.466 e. The van der Waals surface area contributed by atoms with Crippen molar-refractivity contribution in [3.63, 3.8) is 0 Å². The maximum absolute atomic E-state index is 12.3. The SMILES string of the molecule is CCCC1(O)CN(C(=O)c2c(C)oc(C)c2C)C1. The highest BCUT2D eigenvalue weighted by Crippen LogP contribution is 2.30. The van der Waals surface area contributed by atoms with Crippen LogP contribution in [-0.2, 0) is 0 Å². The molecule has 100 valence electrons. The van der Waals surface area contributed by atoms with Crippen molar-refractivity contribution >= 4 is 5.91 Å². The average Bonchev–Trinajstić information content (AvgIpc) is 2.49. The number of furan rings is 1. The van der Waals surface area contributed by atoms with Gasteiger partial charge in [-0.3, -0.25) is 4.79 Å². The van der Waals surface area contributed by atoms with Crippen LogP contribution in [0, 0.1) is 20.8 Å². The molecule has 1 aromatic rings. The number of hydrogen-bond acceptors (Lipinski definition) is 3. The fourth-order valence-electron chi connectivity index (χ4n) is 2.70. The van der Waals surface area contributed by atoms with Gasteiger partial charge >= 0.3 is 0 Å². The monoisotopic (exact) mass is 251 g/mol. The van der Waals surface area contributed by atoms with E-state index < -0.39 is 5.60 Å².